The average molecular weight is 501 g/mol. The highest BCUT2D eigenvalue weighted by molar-refractivity contribution is 5.85. The Balaban J connectivity index is 1.32. The van der Waals surface area contributed by atoms with E-state index in [1.807, 2.05) is 13.1 Å². The van der Waals surface area contributed by atoms with Crippen LogP contribution in [0.4, 0.5) is 14.9 Å². The highest BCUT2D eigenvalue weighted by Gasteiger charge is 2.27. The van der Waals surface area contributed by atoms with E-state index in [0.29, 0.717) is 23.6 Å². The van der Waals surface area contributed by atoms with Gasteiger partial charge in [0.05, 0.1) is 25.4 Å². The van der Waals surface area contributed by atoms with E-state index in [2.05, 4.69) is 10.6 Å². The number of aryl methyl sites for hydroxylation is 1. The minimum Gasteiger partial charge on any atom is -0.493 e. The topological polar surface area (TPSA) is 95.9 Å². The summed E-state index contributed by atoms with van der Waals surface area (Å²) >= 11 is 0. The molecule has 3 unspecified atom stereocenters. The minimum atomic E-state index is -0.689. The second-order valence-corrected chi connectivity index (χ2v) is 8.89. The van der Waals surface area contributed by atoms with Crippen molar-refractivity contribution in [1.29, 1.82) is 0 Å². The van der Waals surface area contributed by atoms with E-state index in [0.717, 1.165) is 42.4 Å². The summed E-state index contributed by atoms with van der Waals surface area (Å²) in [4.78, 5) is 12.4. The lowest BCUT2D eigenvalue weighted by molar-refractivity contribution is -0.0834. The van der Waals surface area contributed by atoms with Crippen LogP contribution >= 0.6 is 0 Å². The van der Waals surface area contributed by atoms with Crippen molar-refractivity contribution in [3.63, 3.8) is 0 Å². The molecular weight excluding hydrogens is 467 g/mol. The molecule has 194 valence electrons. The molecule has 1 fully saturated rings. The number of halogens is 1. The van der Waals surface area contributed by atoms with Crippen LogP contribution in [0.5, 0.6) is 11.5 Å². The van der Waals surface area contributed by atoms with Crippen LogP contribution in [0.15, 0.2) is 36.4 Å². The molecule has 0 spiro atoms. The molecule has 2 N–H and O–H groups in total. The fourth-order valence-electron chi connectivity index (χ4n) is 4.78. The van der Waals surface area contributed by atoms with E-state index in [1.165, 1.54) is 26.4 Å². The molecule has 1 aliphatic heterocycles. The number of benzene rings is 2. The van der Waals surface area contributed by atoms with Gasteiger partial charge in [-0.05, 0) is 56.1 Å². The van der Waals surface area contributed by atoms with Gasteiger partial charge in [0.25, 0.3) is 0 Å². The summed E-state index contributed by atoms with van der Waals surface area (Å²) in [5, 5.41) is 11.9. The minimum absolute atomic E-state index is 0.219. The molecule has 1 aliphatic rings. The maximum absolute atomic E-state index is 13.7. The van der Waals surface area contributed by atoms with Crippen LogP contribution in [0.3, 0.4) is 0 Å². The fourth-order valence-corrected chi connectivity index (χ4v) is 4.78. The van der Waals surface area contributed by atoms with E-state index < -0.39 is 12.4 Å². The van der Waals surface area contributed by atoms with Crippen molar-refractivity contribution >= 4 is 22.7 Å². The van der Waals surface area contributed by atoms with Gasteiger partial charge in [-0.1, -0.05) is 0 Å². The predicted octanol–water partition coefficient (Wildman–Crippen LogP) is 4.57. The number of carbonyl (C=O) groups excluding carboxylic acids is 1. The smallest absolute Gasteiger partial charge is 0.413 e. The van der Waals surface area contributed by atoms with Gasteiger partial charge in [0.15, 0.2) is 11.5 Å². The Labute approximate surface area is 209 Å². The Hall–Kier alpha value is -3.37. The molecule has 0 bridgehead atoms. The number of nitrogens with one attached hydrogen (secondary N) is 2. The average Bonchev–Trinajstić information content (AvgIpc) is 3.22. The second kappa shape index (κ2) is 11.6. The van der Waals surface area contributed by atoms with Gasteiger partial charge < -0.3 is 24.3 Å². The Kier molecular flexibility index (Phi) is 8.27. The molecule has 0 saturated carbocycles. The van der Waals surface area contributed by atoms with Crippen LogP contribution in [0.1, 0.15) is 37.3 Å². The van der Waals surface area contributed by atoms with Gasteiger partial charge in [-0.3, -0.25) is 10.00 Å². The molecule has 2 aromatic carbocycles. The lowest BCUT2D eigenvalue weighted by Gasteiger charge is -2.30. The van der Waals surface area contributed by atoms with Gasteiger partial charge in [-0.25, -0.2) is 9.18 Å². The first-order valence-corrected chi connectivity index (χ1v) is 12.0. The second-order valence-electron chi connectivity index (χ2n) is 8.89. The number of rotatable bonds is 9. The van der Waals surface area contributed by atoms with E-state index in [-0.39, 0.29) is 17.8 Å². The first-order valence-electron chi connectivity index (χ1n) is 12.0. The van der Waals surface area contributed by atoms with E-state index in [4.69, 9.17) is 24.0 Å². The van der Waals surface area contributed by atoms with Crippen molar-refractivity contribution in [2.75, 3.05) is 33.2 Å². The van der Waals surface area contributed by atoms with Crippen LogP contribution in [0.2, 0.25) is 0 Å². The highest BCUT2D eigenvalue weighted by atomic mass is 19.1. The van der Waals surface area contributed by atoms with Gasteiger partial charge in [0, 0.05) is 49.7 Å². The number of methoxy groups -OCH3 is 3. The molecule has 10 heteroatoms. The molecule has 1 saturated heterocycles. The third kappa shape index (κ3) is 5.88. The number of aromatic nitrogens is 2. The molecule has 0 aliphatic carbocycles. The Bertz CT molecular complexity index is 1200. The summed E-state index contributed by atoms with van der Waals surface area (Å²) in [6.07, 6.45) is 1.84. The summed E-state index contributed by atoms with van der Waals surface area (Å²) < 4.78 is 36.8. The predicted molar refractivity (Wildman–Crippen MR) is 134 cm³/mol. The standard InChI is InChI=1S/C26H33FN4O5/c1-31-21-14-17(27)5-8-20(21)25(30-31)16-11-12-28-18(13-16)7-10-24(35-4)36-26(32)29-19-6-9-22(33-2)23(15-19)34-3/h5-6,8-9,14-16,18,24,28H,7,10-13H2,1-4H3,(H,29,32). The van der Waals surface area contributed by atoms with Gasteiger partial charge in [-0.2, -0.15) is 5.10 Å². The van der Waals surface area contributed by atoms with Crippen LogP contribution < -0.4 is 20.1 Å². The fraction of sp³-hybridized carbons (Fsp3) is 0.462. The van der Waals surface area contributed by atoms with E-state index >= 15 is 0 Å². The largest absolute Gasteiger partial charge is 0.493 e. The molecule has 0 radical (unpaired) electrons. The maximum Gasteiger partial charge on any atom is 0.413 e. The SMILES string of the molecule is COc1ccc(NC(=O)OC(CCC2CC(c3nn(C)c4cc(F)ccc34)CCN2)OC)cc1OC. The van der Waals surface area contributed by atoms with E-state index in [1.54, 1.807) is 30.0 Å². The number of nitrogens with zero attached hydrogens (tertiary/aromatic N) is 2. The summed E-state index contributed by atoms with van der Waals surface area (Å²) in [5.41, 5.74) is 2.33. The molecule has 3 atom stereocenters. The zero-order valence-corrected chi connectivity index (χ0v) is 21.0. The Morgan fingerprint density at radius 2 is 2.00 bits per heavy atom. The number of piperidine rings is 1. The van der Waals surface area contributed by atoms with Crippen molar-refractivity contribution in [3.05, 3.63) is 47.9 Å². The highest BCUT2D eigenvalue weighted by Crippen LogP contribution is 2.34. The third-order valence-corrected chi connectivity index (χ3v) is 6.61. The Morgan fingerprint density at radius 3 is 2.75 bits per heavy atom. The molecular formula is C26H33FN4O5. The lowest BCUT2D eigenvalue weighted by atomic mass is 9.86. The van der Waals surface area contributed by atoms with Gasteiger partial charge in [0.1, 0.15) is 5.82 Å². The van der Waals surface area contributed by atoms with Crippen LogP contribution in [0, 0.1) is 5.82 Å². The number of fused-ring (bicyclic) bond motifs is 1. The van der Waals surface area contributed by atoms with Gasteiger partial charge >= 0.3 is 6.09 Å². The van der Waals surface area contributed by atoms with Crippen molar-refractivity contribution in [2.24, 2.45) is 7.05 Å². The van der Waals surface area contributed by atoms with Crippen LogP contribution in [0.25, 0.3) is 10.9 Å². The van der Waals surface area contributed by atoms with Gasteiger partial charge in [-0.15, -0.1) is 0 Å². The maximum atomic E-state index is 13.7. The first kappa shape index (κ1) is 25.7. The molecule has 3 aromatic rings. The zero-order valence-electron chi connectivity index (χ0n) is 21.0. The number of hydrogen-bond donors (Lipinski definition) is 2. The van der Waals surface area contributed by atoms with Crippen molar-refractivity contribution in [3.8, 4) is 11.5 Å². The molecule has 36 heavy (non-hydrogen) atoms. The van der Waals surface area contributed by atoms with Crippen molar-refractivity contribution in [2.45, 2.75) is 43.9 Å². The summed E-state index contributed by atoms with van der Waals surface area (Å²) in [7, 11) is 6.44. The monoisotopic (exact) mass is 500 g/mol. The van der Waals surface area contributed by atoms with E-state index in [9.17, 15) is 9.18 Å². The summed E-state index contributed by atoms with van der Waals surface area (Å²) in [6.45, 7) is 0.854. The van der Waals surface area contributed by atoms with Crippen molar-refractivity contribution in [1.82, 2.24) is 15.1 Å². The number of ether oxygens (including phenoxy) is 4. The molecule has 1 aromatic heterocycles. The van der Waals surface area contributed by atoms with Crippen LogP contribution in [-0.4, -0.2) is 56.1 Å². The van der Waals surface area contributed by atoms with Gasteiger partial charge in [0.2, 0.25) is 6.29 Å². The summed E-state index contributed by atoms with van der Waals surface area (Å²) in [5.74, 6) is 1.07. The molecule has 1 amide bonds. The first-order chi connectivity index (χ1) is 17.4. The lowest BCUT2D eigenvalue weighted by Crippen LogP contribution is -2.38. The molecule has 4 rings (SSSR count). The summed E-state index contributed by atoms with van der Waals surface area (Å²) in [6, 6.07) is 10.1. The van der Waals surface area contributed by atoms with Crippen LogP contribution in [-0.2, 0) is 16.5 Å². The number of carbonyl (C=O) groups is 1. The number of anilines is 1. The third-order valence-electron chi connectivity index (χ3n) is 6.61. The number of hydrogen-bond acceptors (Lipinski definition) is 7. The molecule has 2 heterocycles. The zero-order chi connectivity index (χ0) is 25.7. The number of amides is 1. The quantitative estimate of drug-likeness (QED) is 0.416. The van der Waals surface area contributed by atoms with Crippen molar-refractivity contribution < 1.29 is 28.1 Å². The normalized spacial score (nSPS) is 18.6. The molecule has 9 nitrogen and oxygen atoms in total. The Morgan fingerprint density at radius 1 is 1.19 bits per heavy atom.